The van der Waals surface area contributed by atoms with E-state index in [0.717, 1.165) is 6.41 Å². The highest BCUT2D eigenvalue weighted by molar-refractivity contribution is 7.85. The van der Waals surface area contributed by atoms with Crippen LogP contribution in [-0.2, 0) is 19.3 Å². The van der Waals surface area contributed by atoms with Crippen LogP contribution in [0.15, 0.2) is 0 Å². The summed E-state index contributed by atoms with van der Waals surface area (Å²) in [5, 5.41) is 0. The zero-order chi connectivity index (χ0) is 8.04. The van der Waals surface area contributed by atoms with Crippen LogP contribution in [0.5, 0.6) is 0 Å². The van der Waals surface area contributed by atoms with Crippen molar-refractivity contribution < 1.29 is 17.4 Å². The van der Waals surface area contributed by atoms with Crippen molar-refractivity contribution in [3.05, 3.63) is 0 Å². The van der Waals surface area contributed by atoms with Gasteiger partial charge < -0.3 is 0 Å². The average Bonchev–Trinajstić information content (AvgIpc) is 1.84. The van der Waals surface area contributed by atoms with Gasteiger partial charge in [-0.3, -0.25) is 8.98 Å². The second-order valence-electron chi connectivity index (χ2n) is 1.48. The Labute approximate surface area is 59.6 Å². The van der Waals surface area contributed by atoms with E-state index in [9.17, 15) is 13.2 Å². The molecule has 10 heavy (non-hydrogen) atoms. The molecule has 0 aromatic carbocycles. The van der Waals surface area contributed by atoms with Crippen LogP contribution in [0, 0.1) is 0 Å². The van der Waals surface area contributed by atoms with Gasteiger partial charge in [0.15, 0.2) is 0 Å². The monoisotopic (exact) mass is 166 g/mol. The highest BCUT2D eigenvalue weighted by Gasteiger charge is 2.06. The molecule has 0 fully saturated rings. The van der Waals surface area contributed by atoms with Gasteiger partial charge in [0.05, 0.1) is 6.61 Å². The fourth-order valence-corrected chi connectivity index (χ4v) is 0.821. The highest BCUT2D eigenvalue weighted by Crippen LogP contribution is 1.87. The lowest BCUT2D eigenvalue weighted by Gasteiger charge is -1.98. The highest BCUT2D eigenvalue weighted by atomic mass is 32.2. The maximum Gasteiger partial charge on any atom is 0.362 e. The molecule has 0 saturated heterocycles. The maximum atomic E-state index is 10.4. The molecule has 1 radical (unpaired) electrons. The van der Waals surface area contributed by atoms with Gasteiger partial charge >= 0.3 is 16.7 Å². The van der Waals surface area contributed by atoms with E-state index in [1.54, 1.807) is 6.92 Å². The summed E-state index contributed by atoms with van der Waals surface area (Å²) < 4.78 is 26.4. The lowest BCUT2D eigenvalue weighted by atomic mass is 10.5. The van der Waals surface area contributed by atoms with Crippen molar-refractivity contribution in [2.45, 2.75) is 13.3 Å². The zero-order valence-electron chi connectivity index (χ0n) is 5.46. The summed E-state index contributed by atoms with van der Waals surface area (Å²) in [6.45, 7) is 1.82. The van der Waals surface area contributed by atoms with Gasteiger partial charge in [0.2, 0.25) is 0 Å². The molecular formula is C4H8NO4S. The van der Waals surface area contributed by atoms with E-state index in [0.29, 0.717) is 6.42 Å². The third-order valence-electron chi connectivity index (χ3n) is 0.609. The Kier molecular flexibility index (Phi) is 3.97. The molecule has 0 rings (SSSR count). The molecule has 0 unspecified atom stereocenters. The molecular weight excluding hydrogens is 158 g/mol. The molecule has 6 heteroatoms. The summed E-state index contributed by atoms with van der Waals surface area (Å²) in [7, 11) is -3.87. The quantitative estimate of drug-likeness (QED) is 0.549. The van der Waals surface area contributed by atoms with E-state index in [2.05, 4.69) is 4.18 Å². The van der Waals surface area contributed by atoms with Crippen LogP contribution < -0.4 is 4.72 Å². The summed E-state index contributed by atoms with van der Waals surface area (Å²) in [6, 6.07) is 0. The molecule has 1 N–H and O–H groups in total. The fraction of sp³-hybridized carbons (Fsp3) is 0.750. The third kappa shape index (κ3) is 4.28. The van der Waals surface area contributed by atoms with Crippen LogP contribution >= 0.6 is 0 Å². The molecule has 0 atom stereocenters. The van der Waals surface area contributed by atoms with E-state index in [-0.39, 0.29) is 6.61 Å². The molecule has 0 aromatic heterocycles. The first kappa shape index (κ1) is 9.38. The van der Waals surface area contributed by atoms with Gasteiger partial charge in [0, 0.05) is 0 Å². The van der Waals surface area contributed by atoms with Gasteiger partial charge in [-0.15, -0.1) is 0 Å². The minimum Gasteiger partial charge on any atom is -0.262 e. The second-order valence-corrected chi connectivity index (χ2v) is 2.83. The largest absolute Gasteiger partial charge is 0.362 e. The van der Waals surface area contributed by atoms with Crippen LogP contribution in [0.4, 0.5) is 0 Å². The first-order valence-electron chi connectivity index (χ1n) is 2.65. The van der Waals surface area contributed by atoms with Crippen LogP contribution in [0.2, 0.25) is 0 Å². The predicted molar refractivity (Wildman–Crippen MR) is 34.0 cm³/mol. The Morgan fingerprint density at radius 2 is 2.20 bits per heavy atom. The Balaban J connectivity index is 3.76. The Bertz CT molecular complexity index is 185. The van der Waals surface area contributed by atoms with E-state index in [1.807, 2.05) is 0 Å². The zero-order valence-corrected chi connectivity index (χ0v) is 6.27. The number of carbonyl (C=O) groups excluding carboxylic acids is 1. The Hall–Kier alpha value is -0.620. The van der Waals surface area contributed by atoms with Gasteiger partial charge in [0.1, 0.15) is 0 Å². The second kappa shape index (κ2) is 4.24. The number of amides is 1. The van der Waals surface area contributed by atoms with Gasteiger partial charge in [-0.1, -0.05) is 6.92 Å². The minimum absolute atomic E-state index is 0.0665. The Morgan fingerprint density at radius 3 is 2.60 bits per heavy atom. The van der Waals surface area contributed by atoms with E-state index in [1.165, 1.54) is 4.72 Å². The van der Waals surface area contributed by atoms with Gasteiger partial charge in [-0.05, 0) is 6.42 Å². The molecule has 0 bridgehead atoms. The van der Waals surface area contributed by atoms with Crippen LogP contribution in [0.3, 0.4) is 0 Å². The molecule has 0 saturated carbocycles. The van der Waals surface area contributed by atoms with E-state index < -0.39 is 10.3 Å². The summed E-state index contributed by atoms with van der Waals surface area (Å²) in [6.07, 6.45) is 1.57. The standard InChI is InChI=1S/C4H8NO4S/c1-2-3-9-10(7,8)5-4-6/h2-3H2,1H3,(H,5,6). The van der Waals surface area contributed by atoms with Crippen molar-refractivity contribution in [2.24, 2.45) is 0 Å². The lowest BCUT2D eigenvalue weighted by molar-refractivity contribution is 0.315. The molecule has 0 aliphatic heterocycles. The van der Waals surface area contributed by atoms with Crippen molar-refractivity contribution in [1.82, 2.24) is 4.72 Å². The number of rotatable bonds is 5. The van der Waals surface area contributed by atoms with Crippen LogP contribution in [0.25, 0.3) is 0 Å². The number of hydrogen-bond donors (Lipinski definition) is 1. The summed E-state index contributed by atoms with van der Waals surface area (Å²) >= 11 is 0. The smallest absolute Gasteiger partial charge is 0.262 e. The third-order valence-corrected chi connectivity index (χ3v) is 1.42. The van der Waals surface area contributed by atoms with Crippen molar-refractivity contribution in [3.63, 3.8) is 0 Å². The van der Waals surface area contributed by atoms with Gasteiger partial charge in [-0.25, -0.2) is 4.72 Å². The Morgan fingerprint density at radius 1 is 1.60 bits per heavy atom. The van der Waals surface area contributed by atoms with Gasteiger partial charge in [-0.2, -0.15) is 8.42 Å². The minimum atomic E-state index is -3.87. The van der Waals surface area contributed by atoms with Crippen molar-refractivity contribution in [1.29, 1.82) is 0 Å². The molecule has 1 amide bonds. The van der Waals surface area contributed by atoms with E-state index in [4.69, 9.17) is 0 Å². The molecule has 0 aromatic rings. The normalized spacial score (nSPS) is 10.9. The molecule has 0 aliphatic carbocycles. The predicted octanol–water partition coefficient (Wildman–Crippen LogP) is -0.685. The van der Waals surface area contributed by atoms with Crippen LogP contribution in [0.1, 0.15) is 13.3 Å². The fourth-order valence-electron chi connectivity index (χ4n) is 0.274. The van der Waals surface area contributed by atoms with Gasteiger partial charge in [0.25, 0.3) is 0 Å². The summed E-state index contributed by atoms with van der Waals surface area (Å²) in [5.41, 5.74) is 0. The molecule has 59 valence electrons. The lowest BCUT2D eigenvalue weighted by Crippen LogP contribution is -2.24. The topological polar surface area (TPSA) is 72.5 Å². The molecule has 5 nitrogen and oxygen atoms in total. The van der Waals surface area contributed by atoms with Crippen molar-refractivity contribution in [2.75, 3.05) is 6.61 Å². The molecule has 0 spiro atoms. The average molecular weight is 166 g/mol. The van der Waals surface area contributed by atoms with Crippen molar-refractivity contribution >= 4 is 16.7 Å². The summed E-state index contributed by atoms with van der Waals surface area (Å²) in [4.78, 5) is 9.49. The van der Waals surface area contributed by atoms with Crippen LogP contribution in [-0.4, -0.2) is 21.4 Å². The number of hydrogen-bond acceptors (Lipinski definition) is 4. The van der Waals surface area contributed by atoms with Crippen molar-refractivity contribution in [3.8, 4) is 0 Å². The summed E-state index contributed by atoms with van der Waals surface area (Å²) in [5.74, 6) is 0. The maximum absolute atomic E-state index is 10.4. The first-order chi connectivity index (χ1) is 4.62. The first-order valence-corrected chi connectivity index (χ1v) is 4.06. The molecule has 0 heterocycles. The number of nitrogens with one attached hydrogen (secondary N) is 1. The van der Waals surface area contributed by atoms with E-state index >= 15 is 0 Å². The SMILES string of the molecule is CCCOS(=O)(=O)N[C]=O. The molecule has 0 aliphatic rings.